The summed E-state index contributed by atoms with van der Waals surface area (Å²) in [6.45, 7) is 3.80. The molecular weight excluding hydrogens is 302 g/mol. The van der Waals surface area contributed by atoms with E-state index in [0.717, 1.165) is 28.8 Å². The number of hydrogen-bond donors (Lipinski definition) is 2. The molecule has 6 heteroatoms. The van der Waals surface area contributed by atoms with Crippen LogP contribution in [0.1, 0.15) is 42.3 Å². The molecule has 1 aromatic heterocycles. The predicted octanol–water partition coefficient (Wildman–Crippen LogP) is 3.43. The van der Waals surface area contributed by atoms with Crippen LogP contribution < -0.4 is 16.0 Å². The van der Waals surface area contributed by atoms with E-state index in [4.69, 9.17) is 5.73 Å². The van der Waals surface area contributed by atoms with E-state index in [1.165, 1.54) is 30.6 Å². The Bertz CT molecular complexity index is 497. The molecule has 0 unspecified atom stereocenters. The summed E-state index contributed by atoms with van der Waals surface area (Å²) < 4.78 is 0. The maximum Gasteiger partial charge on any atom is 0.263 e. The summed E-state index contributed by atoms with van der Waals surface area (Å²) in [7, 11) is 2.11. The Morgan fingerprint density at radius 1 is 1.52 bits per heavy atom. The number of rotatable bonds is 7. The molecule has 1 fully saturated rings. The molecule has 1 heterocycles. The summed E-state index contributed by atoms with van der Waals surface area (Å²) >= 11 is 3.15. The third kappa shape index (κ3) is 3.66. The molecule has 2 rings (SSSR count). The number of anilines is 2. The third-order valence-electron chi connectivity index (χ3n) is 3.93. The maximum absolute atomic E-state index is 12.2. The van der Waals surface area contributed by atoms with Crippen LogP contribution in [-0.4, -0.2) is 32.3 Å². The average Bonchev–Trinajstić information content (AvgIpc) is 2.77. The van der Waals surface area contributed by atoms with E-state index in [1.54, 1.807) is 11.8 Å². The molecule has 0 aliphatic heterocycles. The summed E-state index contributed by atoms with van der Waals surface area (Å²) in [6.07, 6.45) is 6.95. The smallest absolute Gasteiger partial charge is 0.263 e. The summed E-state index contributed by atoms with van der Waals surface area (Å²) in [5.41, 5.74) is 6.84. The number of thiophene rings is 1. The third-order valence-corrected chi connectivity index (χ3v) is 6.20. The van der Waals surface area contributed by atoms with Crippen LogP contribution in [0.5, 0.6) is 0 Å². The van der Waals surface area contributed by atoms with E-state index in [2.05, 4.69) is 17.3 Å². The fraction of sp³-hybridized carbons (Fsp3) is 0.667. The van der Waals surface area contributed by atoms with Crippen molar-refractivity contribution < 1.29 is 4.79 Å². The Kier molecular flexibility index (Phi) is 5.81. The van der Waals surface area contributed by atoms with E-state index in [0.29, 0.717) is 17.1 Å². The first-order valence-electron chi connectivity index (χ1n) is 7.54. The van der Waals surface area contributed by atoms with Gasteiger partial charge in [0.25, 0.3) is 5.91 Å². The number of nitrogen functional groups attached to an aromatic ring is 1. The van der Waals surface area contributed by atoms with Crippen molar-refractivity contribution in [3.63, 3.8) is 0 Å². The lowest BCUT2D eigenvalue weighted by Crippen LogP contribution is -2.29. The van der Waals surface area contributed by atoms with Crippen LogP contribution in [0.15, 0.2) is 4.90 Å². The van der Waals surface area contributed by atoms with Crippen LogP contribution >= 0.6 is 23.1 Å². The summed E-state index contributed by atoms with van der Waals surface area (Å²) in [6, 6.07) is 0. The highest BCUT2D eigenvalue weighted by molar-refractivity contribution is 7.99. The minimum atomic E-state index is -0.0436. The fourth-order valence-corrected chi connectivity index (χ4v) is 4.59. The highest BCUT2D eigenvalue weighted by Gasteiger charge is 2.25. The van der Waals surface area contributed by atoms with Crippen LogP contribution in [0.25, 0.3) is 0 Å². The summed E-state index contributed by atoms with van der Waals surface area (Å²) in [5, 5.41) is 4.05. The lowest BCUT2D eigenvalue weighted by molar-refractivity contribution is 0.0958. The zero-order valence-electron chi connectivity index (χ0n) is 13.1. The van der Waals surface area contributed by atoms with Gasteiger partial charge in [0, 0.05) is 20.1 Å². The van der Waals surface area contributed by atoms with Gasteiger partial charge in [-0.3, -0.25) is 4.79 Å². The molecule has 0 atom stereocenters. The zero-order chi connectivity index (χ0) is 15.4. The van der Waals surface area contributed by atoms with Gasteiger partial charge >= 0.3 is 0 Å². The first-order chi connectivity index (χ1) is 10.1. The molecule has 0 saturated heterocycles. The van der Waals surface area contributed by atoms with Crippen molar-refractivity contribution in [2.24, 2.45) is 5.92 Å². The Hall–Kier alpha value is -0.880. The van der Waals surface area contributed by atoms with Gasteiger partial charge in [0.15, 0.2) is 0 Å². The van der Waals surface area contributed by atoms with E-state index in [-0.39, 0.29) is 5.91 Å². The molecule has 21 heavy (non-hydrogen) atoms. The number of thioether (sulfide) groups is 1. The van der Waals surface area contributed by atoms with Gasteiger partial charge in [0.2, 0.25) is 0 Å². The standard InChI is InChI=1S/C15H25N3OS2/c1-4-8-17-14(19)12-11(16)13(20-3)15(21-12)18(2)9-10-6-5-7-10/h10H,4-9,16H2,1-3H3,(H,17,19). The van der Waals surface area contributed by atoms with E-state index in [9.17, 15) is 4.79 Å². The molecule has 0 bridgehead atoms. The molecule has 3 N–H and O–H groups in total. The Morgan fingerprint density at radius 3 is 2.76 bits per heavy atom. The topological polar surface area (TPSA) is 58.4 Å². The Labute approximate surface area is 135 Å². The lowest BCUT2D eigenvalue weighted by atomic mass is 9.85. The lowest BCUT2D eigenvalue weighted by Gasteiger charge is -2.31. The number of nitrogens with zero attached hydrogens (tertiary/aromatic N) is 1. The van der Waals surface area contributed by atoms with Crippen molar-refractivity contribution in [1.29, 1.82) is 0 Å². The second-order valence-electron chi connectivity index (χ2n) is 5.62. The number of nitrogens with one attached hydrogen (secondary N) is 1. The van der Waals surface area contributed by atoms with Gasteiger partial charge in [0.1, 0.15) is 9.88 Å². The largest absolute Gasteiger partial charge is 0.396 e. The molecule has 1 aliphatic carbocycles. The molecule has 118 valence electrons. The first-order valence-corrected chi connectivity index (χ1v) is 9.58. The first kappa shape index (κ1) is 16.5. The van der Waals surface area contributed by atoms with E-state index in [1.807, 2.05) is 13.2 Å². The van der Waals surface area contributed by atoms with Gasteiger partial charge in [-0.05, 0) is 31.4 Å². The maximum atomic E-state index is 12.2. The van der Waals surface area contributed by atoms with E-state index < -0.39 is 0 Å². The molecule has 4 nitrogen and oxygen atoms in total. The predicted molar refractivity (Wildman–Crippen MR) is 93.7 cm³/mol. The summed E-state index contributed by atoms with van der Waals surface area (Å²) in [4.78, 5) is 16.2. The molecule has 1 saturated carbocycles. The van der Waals surface area contributed by atoms with Gasteiger partial charge in [-0.1, -0.05) is 13.3 Å². The normalized spacial score (nSPS) is 14.8. The second-order valence-corrected chi connectivity index (χ2v) is 7.43. The Morgan fingerprint density at radius 2 is 2.24 bits per heavy atom. The molecule has 1 aromatic rings. The zero-order valence-corrected chi connectivity index (χ0v) is 14.7. The van der Waals surface area contributed by atoms with E-state index >= 15 is 0 Å². The van der Waals surface area contributed by atoms with Crippen molar-refractivity contribution in [1.82, 2.24) is 5.32 Å². The van der Waals surface area contributed by atoms with Gasteiger partial charge in [-0.15, -0.1) is 23.1 Å². The van der Waals surface area contributed by atoms with Crippen molar-refractivity contribution in [3.8, 4) is 0 Å². The van der Waals surface area contributed by atoms with Gasteiger partial charge < -0.3 is 16.0 Å². The fourth-order valence-electron chi connectivity index (χ4n) is 2.50. The monoisotopic (exact) mass is 327 g/mol. The van der Waals surface area contributed by atoms with Crippen molar-refractivity contribution >= 4 is 39.7 Å². The number of amides is 1. The van der Waals surface area contributed by atoms with Gasteiger partial charge in [0.05, 0.1) is 10.6 Å². The van der Waals surface area contributed by atoms with Crippen molar-refractivity contribution in [2.45, 2.75) is 37.5 Å². The minimum absolute atomic E-state index is 0.0436. The number of carbonyl (C=O) groups excluding carboxylic acids is 1. The van der Waals surface area contributed by atoms with Crippen LogP contribution in [0, 0.1) is 5.92 Å². The Balaban J connectivity index is 2.17. The number of nitrogens with two attached hydrogens (primary N) is 1. The number of carbonyl (C=O) groups is 1. The molecule has 0 radical (unpaired) electrons. The average molecular weight is 328 g/mol. The second kappa shape index (κ2) is 7.40. The molecular formula is C15H25N3OS2. The summed E-state index contributed by atoms with van der Waals surface area (Å²) in [5.74, 6) is 0.753. The minimum Gasteiger partial charge on any atom is -0.396 e. The van der Waals surface area contributed by atoms with Gasteiger partial charge in [-0.25, -0.2) is 0 Å². The van der Waals surface area contributed by atoms with Crippen LogP contribution in [0.4, 0.5) is 10.7 Å². The SMILES string of the molecule is CCCNC(=O)c1sc(N(C)CC2CCC2)c(SC)c1N. The highest BCUT2D eigenvalue weighted by Crippen LogP contribution is 2.44. The van der Waals surface area contributed by atoms with Crippen molar-refractivity contribution in [3.05, 3.63) is 4.88 Å². The van der Waals surface area contributed by atoms with Crippen molar-refractivity contribution in [2.75, 3.05) is 37.0 Å². The highest BCUT2D eigenvalue weighted by atomic mass is 32.2. The van der Waals surface area contributed by atoms with Crippen LogP contribution in [0.3, 0.4) is 0 Å². The molecule has 0 spiro atoms. The molecule has 1 amide bonds. The van der Waals surface area contributed by atoms with Gasteiger partial charge in [-0.2, -0.15) is 0 Å². The molecule has 1 aliphatic rings. The van der Waals surface area contributed by atoms with Crippen LogP contribution in [0.2, 0.25) is 0 Å². The van der Waals surface area contributed by atoms with Crippen LogP contribution in [-0.2, 0) is 0 Å². The quantitative estimate of drug-likeness (QED) is 0.753. The number of hydrogen-bond acceptors (Lipinski definition) is 5. The molecule has 0 aromatic carbocycles.